The number of piperazine rings is 1. The number of carbonyl (C=O) groups excluding carboxylic acids is 2. The van der Waals surface area contributed by atoms with Gasteiger partial charge in [0.15, 0.2) is 0 Å². The van der Waals surface area contributed by atoms with Gasteiger partial charge in [-0.15, -0.1) is 0 Å². The topological polar surface area (TPSA) is 81.7 Å². The maximum atomic E-state index is 12.6. The number of anilines is 3. The average molecular weight is 380 g/mol. The second kappa shape index (κ2) is 8.24. The number of hydrogen-bond donors (Lipinski definition) is 1. The largest absolute Gasteiger partial charge is 0.372 e. The lowest BCUT2D eigenvalue weighted by molar-refractivity contribution is -0.118. The molecule has 8 nitrogen and oxygen atoms in total. The van der Waals surface area contributed by atoms with Crippen molar-refractivity contribution in [3.8, 4) is 0 Å². The standard InChI is InChI=1S/C20H24N6O2/c27-15-24-11-13-26(14-12-24)20-21-8-7-18(23-20)19(28)22-16-3-5-17(6-4-16)25-9-1-2-10-25/h3-8,15H,1-2,9-14H2,(H,22,28). The van der Waals surface area contributed by atoms with E-state index in [9.17, 15) is 9.59 Å². The molecule has 0 unspecified atom stereocenters. The number of benzene rings is 1. The third-order valence-corrected chi connectivity index (χ3v) is 5.22. The molecule has 2 aliphatic rings. The Labute approximate surface area is 164 Å². The van der Waals surface area contributed by atoms with Crippen LogP contribution in [0, 0.1) is 0 Å². The van der Waals surface area contributed by atoms with E-state index >= 15 is 0 Å². The zero-order chi connectivity index (χ0) is 19.3. The Morgan fingerprint density at radius 1 is 0.929 bits per heavy atom. The van der Waals surface area contributed by atoms with Gasteiger partial charge in [-0.05, 0) is 43.2 Å². The number of rotatable bonds is 5. The molecule has 2 saturated heterocycles. The van der Waals surface area contributed by atoms with Crippen LogP contribution >= 0.6 is 0 Å². The van der Waals surface area contributed by atoms with Crippen molar-refractivity contribution in [3.05, 3.63) is 42.2 Å². The Kier molecular flexibility index (Phi) is 5.36. The number of hydrogen-bond acceptors (Lipinski definition) is 6. The van der Waals surface area contributed by atoms with Gasteiger partial charge < -0.3 is 20.0 Å². The van der Waals surface area contributed by atoms with E-state index in [1.54, 1.807) is 17.2 Å². The smallest absolute Gasteiger partial charge is 0.274 e. The second-order valence-corrected chi connectivity index (χ2v) is 7.07. The molecule has 0 aliphatic carbocycles. The van der Waals surface area contributed by atoms with E-state index < -0.39 is 0 Å². The summed E-state index contributed by atoms with van der Waals surface area (Å²) in [6.07, 6.45) is 4.92. The molecule has 0 spiro atoms. The predicted molar refractivity (Wildman–Crippen MR) is 108 cm³/mol. The summed E-state index contributed by atoms with van der Waals surface area (Å²) >= 11 is 0. The Morgan fingerprint density at radius 2 is 1.64 bits per heavy atom. The van der Waals surface area contributed by atoms with Crippen LogP contribution in [0.5, 0.6) is 0 Å². The molecule has 2 aromatic rings. The first-order chi connectivity index (χ1) is 13.7. The summed E-state index contributed by atoms with van der Waals surface area (Å²) < 4.78 is 0. The summed E-state index contributed by atoms with van der Waals surface area (Å²) in [5.74, 6) is 0.256. The molecule has 0 saturated carbocycles. The molecule has 2 amide bonds. The number of aromatic nitrogens is 2. The fourth-order valence-electron chi connectivity index (χ4n) is 3.58. The molecule has 2 fully saturated rings. The minimum atomic E-state index is -0.260. The third-order valence-electron chi connectivity index (χ3n) is 5.22. The molecule has 0 atom stereocenters. The van der Waals surface area contributed by atoms with Crippen LogP contribution in [0.2, 0.25) is 0 Å². The highest BCUT2D eigenvalue weighted by molar-refractivity contribution is 6.03. The quantitative estimate of drug-likeness (QED) is 0.794. The highest BCUT2D eigenvalue weighted by Crippen LogP contribution is 2.22. The second-order valence-electron chi connectivity index (χ2n) is 7.07. The molecule has 2 aliphatic heterocycles. The molecular weight excluding hydrogens is 356 g/mol. The third kappa shape index (κ3) is 4.05. The molecule has 1 aromatic heterocycles. The SMILES string of the molecule is O=CN1CCN(c2nccc(C(=O)Nc3ccc(N4CCCC4)cc3)n2)CC1. The lowest BCUT2D eigenvalue weighted by atomic mass is 10.2. The fraction of sp³-hybridized carbons (Fsp3) is 0.400. The number of nitrogens with zero attached hydrogens (tertiary/aromatic N) is 5. The maximum absolute atomic E-state index is 12.6. The van der Waals surface area contributed by atoms with E-state index in [4.69, 9.17) is 0 Å². The summed E-state index contributed by atoms with van der Waals surface area (Å²) in [6, 6.07) is 9.54. The average Bonchev–Trinajstić information content (AvgIpc) is 3.29. The Morgan fingerprint density at radius 3 is 2.32 bits per heavy atom. The maximum Gasteiger partial charge on any atom is 0.274 e. The summed E-state index contributed by atoms with van der Waals surface area (Å²) in [5.41, 5.74) is 2.26. The van der Waals surface area contributed by atoms with E-state index in [-0.39, 0.29) is 5.91 Å². The van der Waals surface area contributed by atoms with Crippen molar-refractivity contribution in [3.63, 3.8) is 0 Å². The summed E-state index contributed by atoms with van der Waals surface area (Å²) in [5, 5.41) is 2.90. The zero-order valence-electron chi connectivity index (χ0n) is 15.8. The van der Waals surface area contributed by atoms with Crippen molar-refractivity contribution < 1.29 is 9.59 Å². The zero-order valence-corrected chi connectivity index (χ0v) is 15.8. The van der Waals surface area contributed by atoms with Gasteiger partial charge in [0, 0.05) is 56.8 Å². The molecule has 1 aromatic carbocycles. The molecular formula is C20H24N6O2. The van der Waals surface area contributed by atoms with Gasteiger partial charge in [0.25, 0.3) is 5.91 Å². The van der Waals surface area contributed by atoms with E-state index in [1.807, 2.05) is 29.2 Å². The number of amides is 2. The minimum absolute atomic E-state index is 0.260. The number of carbonyl (C=O) groups is 2. The lowest BCUT2D eigenvalue weighted by Crippen LogP contribution is -2.46. The predicted octanol–water partition coefficient (Wildman–Crippen LogP) is 1.61. The van der Waals surface area contributed by atoms with Crippen LogP contribution in [0.15, 0.2) is 36.5 Å². The first-order valence-electron chi connectivity index (χ1n) is 9.67. The minimum Gasteiger partial charge on any atom is -0.372 e. The van der Waals surface area contributed by atoms with Crippen molar-refractivity contribution >= 4 is 29.6 Å². The highest BCUT2D eigenvalue weighted by Gasteiger charge is 2.19. The first-order valence-corrected chi connectivity index (χ1v) is 9.67. The van der Waals surface area contributed by atoms with Crippen LogP contribution in [-0.2, 0) is 4.79 Å². The van der Waals surface area contributed by atoms with Gasteiger partial charge in [0.05, 0.1) is 0 Å². The molecule has 4 rings (SSSR count). The van der Waals surface area contributed by atoms with E-state index in [0.29, 0.717) is 37.8 Å². The van der Waals surface area contributed by atoms with Crippen LogP contribution in [0.3, 0.4) is 0 Å². The van der Waals surface area contributed by atoms with Gasteiger partial charge in [-0.1, -0.05) is 0 Å². The molecule has 8 heteroatoms. The Hall–Kier alpha value is -3.16. The van der Waals surface area contributed by atoms with E-state index in [0.717, 1.165) is 25.2 Å². The van der Waals surface area contributed by atoms with Gasteiger partial charge in [-0.2, -0.15) is 0 Å². The highest BCUT2D eigenvalue weighted by atomic mass is 16.2. The van der Waals surface area contributed by atoms with Crippen LogP contribution in [0.25, 0.3) is 0 Å². The monoisotopic (exact) mass is 380 g/mol. The molecule has 0 bridgehead atoms. The van der Waals surface area contributed by atoms with Crippen LogP contribution in [0.4, 0.5) is 17.3 Å². The van der Waals surface area contributed by atoms with Crippen LogP contribution in [0.1, 0.15) is 23.3 Å². The van der Waals surface area contributed by atoms with Crippen molar-refractivity contribution in [1.29, 1.82) is 0 Å². The number of nitrogens with one attached hydrogen (secondary N) is 1. The Balaban J connectivity index is 1.40. The van der Waals surface area contributed by atoms with Gasteiger partial charge in [-0.25, -0.2) is 9.97 Å². The van der Waals surface area contributed by atoms with Gasteiger partial charge in [0.2, 0.25) is 12.4 Å². The van der Waals surface area contributed by atoms with Crippen molar-refractivity contribution in [1.82, 2.24) is 14.9 Å². The van der Waals surface area contributed by atoms with E-state index in [2.05, 4.69) is 20.2 Å². The normalized spacial score (nSPS) is 16.9. The molecule has 28 heavy (non-hydrogen) atoms. The van der Waals surface area contributed by atoms with Gasteiger partial charge in [-0.3, -0.25) is 9.59 Å². The first kappa shape index (κ1) is 18.2. The fourth-order valence-corrected chi connectivity index (χ4v) is 3.58. The van der Waals surface area contributed by atoms with Crippen LogP contribution in [-0.4, -0.2) is 66.5 Å². The molecule has 146 valence electrons. The molecule has 0 radical (unpaired) electrons. The summed E-state index contributed by atoms with van der Waals surface area (Å²) in [7, 11) is 0. The van der Waals surface area contributed by atoms with Crippen LogP contribution < -0.4 is 15.1 Å². The van der Waals surface area contributed by atoms with Crippen molar-refractivity contribution in [2.24, 2.45) is 0 Å². The van der Waals surface area contributed by atoms with E-state index in [1.165, 1.54) is 18.5 Å². The lowest BCUT2D eigenvalue weighted by Gasteiger charge is -2.32. The van der Waals surface area contributed by atoms with Crippen molar-refractivity contribution in [2.45, 2.75) is 12.8 Å². The summed E-state index contributed by atoms with van der Waals surface area (Å²) in [6.45, 7) is 4.76. The molecule has 3 heterocycles. The van der Waals surface area contributed by atoms with Gasteiger partial charge >= 0.3 is 0 Å². The van der Waals surface area contributed by atoms with Crippen molar-refractivity contribution in [2.75, 3.05) is 54.4 Å². The molecule has 1 N–H and O–H groups in total. The Bertz CT molecular complexity index is 827. The van der Waals surface area contributed by atoms with Gasteiger partial charge in [0.1, 0.15) is 5.69 Å². The summed E-state index contributed by atoms with van der Waals surface area (Å²) in [4.78, 5) is 38.2.